The molecule has 0 amide bonds. The van der Waals surface area contributed by atoms with Gasteiger partial charge in [-0.2, -0.15) is 0 Å². The Labute approximate surface area is 306 Å². The maximum atomic E-state index is 16.2. The minimum Gasteiger partial charge on any atom is -0.306 e. The average Bonchev–Trinajstić information content (AvgIpc) is 3.43. The van der Waals surface area contributed by atoms with Crippen LogP contribution in [0, 0.1) is 11.6 Å². The van der Waals surface area contributed by atoms with Gasteiger partial charge in [-0.15, -0.1) is 0 Å². The Hall–Kier alpha value is -6.59. The lowest BCUT2D eigenvalue weighted by molar-refractivity contribution is 0.623. The van der Waals surface area contributed by atoms with Crippen LogP contribution in [0.25, 0.3) is 43.4 Å². The second-order valence-corrected chi connectivity index (χ2v) is 14.2. The number of pyridine rings is 1. The number of para-hydroxylation sites is 2. The lowest BCUT2D eigenvalue weighted by atomic mass is 9.82. The highest BCUT2D eigenvalue weighted by atomic mass is 19.1. The highest BCUT2D eigenvalue weighted by Gasteiger charge is 2.38. The predicted molar refractivity (Wildman–Crippen MR) is 215 cm³/mol. The molecule has 0 unspecified atom stereocenters. The van der Waals surface area contributed by atoms with Crippen LogP contribution in [0.4, 0.5) is 43.0 Å². The van der Waals surface area contributed by atoms with Crippen LogP contribution in [0.3, 0.4) is 0 Å². The summed E-state index contributed by atoms with van der Waals surface area (Å²) in [6.07, 6.45) is 1.62. The van der Waals surface area contributed by atoms with Crippen LogP contribution < -0.4 is 9.80 Å². The zero-order valence-corrected chi connectivity index (χ0v) is 29.2. The molecule has 0 fully saturated rings. The quantitative estimate of drug-likeness (QED) is 0.162. The number of rotatable bonds is 6. The van der Waals surface area contributed by atoms with Gasteiger partial charge in [0.1, 0.15) is 5.82 Å². The fraction of sp³-hybridized carbons (Fsp3) is 0.0625. The summed E-state index contributed by atoms with van der Waals surface area (Å²) >= 11 is 0. The van der Waals surface area contributed by atoms with Gasteiger partial charge in [-0.1, -0.05) is 117 Å². The van der Waals surface area contributed by atoms with Gasteiger partial charge in [0.25, 0.3) is 0 Å². The van der Waals surface area contributed by atoms with Crippen molar-refractivity contribution in [1.29, 1.82) is 0 Å². The molecule has 1 aromatic heterocycles. The molecule has 0 atom stereocenters. The Kier molecular flexibility index (Phi) is 6.89. The van der Waals surface area contributed by atoms with Crippen LogP contribution >= 0.6 is 0 Å². The number of hydrogen-bond donors (Lipinski definition) is 0. The number of hydrogen-bond acceptors (Lipinski definition) is 3. The zero-order valence-electron chi connectivity index (χ0n) is 29.2. The molecule has 0 aliphatic heterocycles. The summed E-state index contributed by atoms with van der Waals surface area (Å²) in [7, 11) is 0. The van der Waals surface area contributed by atoms with Crippen LogP contribution in [0.1, 0.15) is 25.0 Å². The smallest absolute Gasteiger partial charge is 0.174 e. The molecule has 0 radical (unpaired) electrons. The third-order valence-corrected chi connectivity index (χ3v) is 11.0. The van der Waals surface area contributed by atoms with Crippen molar-refractivity contribution in [3.8, 4) is 11.1 Å². The van der Waals surface area contributed by atoms with E-state index in [2.05, 4.69) is 109 Å². The van der Waals surface area contributed by atoms with Crippen molar-refractivity contribution >= 4 is 66.6 Å². The van der Waals surface area contributed by atoms with E-state index in [1.54, 1.807) is 18.3 Å². The van der Waals surface area contributed by atoms with Gasteiger partial charge in [0.05, 0.1) is 22.7 Å². The van der Waals surface area contributed by atoms with Crippen molar-refractivity contribution in [1.82, 2.24) is 4.98 Å². The predicted octanol–water partition coefficient (Wildman–Crippen LogP) is 13.5. The topological polar surface area (TPSA) is 19.4 Å². The minimum absolute atomic E-state index is 0.223. The Morgan fingerprint density at radius 2 is 1.06 bits per heavy atom. The van der Waals surface area contributed by atoms with Crippen LogP contribution in [0.15, 0.2) is 164 Å². The summed E-state index contributed by atoms with van der Waals surface area (Å²) in [6, 6.07) is 51.7. The van der Waals surface area contributed by atoms with Crippen LogP contribution in [0.2, 0.25) is 0 Å². The van der Waals surface area contributed by atoms with Gasteiger partial charge in [0, 0.05) is 33.6 Å². The lowest BCUT2D eigenvalue weighted by Gasteiger charge is -2.31. The van der Waals surface area contributed by atoms with Gasteiger partial charge < -0.3 is 4.90 Å². The van der Waals surface area contributed by atoms with E-state index in [0.29, 0.717) is 5.69 Å². The van der Waals surface area contributed by atoms with Gasteiger partial charge >= 0.3 is 0 Å². The van der Waals surface area contributed by atoms with Crippen molar-refractivity contribution in [2.45, 2.75) is 19.3 Å². The molecule has 5 heteroatoms. The van der Waals surface area contributed by atoms with Crippen molar-refractivity contribution < 1.29 is 8.78 Å². The summed E-state index contributed by atoms with van der Waals surface area (Å²) in [5.41, 5.74) is 8.39. The molecule has 0 saturated carbocycles. The van der Waals surface area contributed by atoms with Crippen LogP contribution in [0.5, 0.6) is 0 Å². The Balaban J connectivity index is 1.27. The average molecular weight is 690 g/mol. The summed E-state index contributed by atoms with van der Waals surface area (Å²) in [4.78, 5) is 8.50. The van der Waals surface area contributed by atoms with E-state index >= 15 is 8.78 Å². The Morgan fingerprint density at radius 3 is 1.77 bits per heavy atom. The minimum atomic E-state index is -0.412. The summed E-state index contributed by atoms with van der Waals surface area (Å²) in [6.45, 7) is 4.52. The summed E-state index contributed by atoms with van der Waals surface area (Å²) in [5, 5.41) is 6.17. The van der Waals surface area contributed by atoms with E-state index < -0.39 is 5.82 Å². The van der Waals surface area contributed by atoms with E-state index in [1.807, 2.05) is 53.4 Å². The molecule has 0 N–H and O–H groups in total. The molecule has 53 heavy (non-hydrogen) atoms. The fourth-order valence-corrected chi connectivity index (χ4v) is 8.60. The van der Waals surface area contributed by atoms with Crippen molar-refractivity contribution in [2.75, 3.05) is 9.80 Å². The molecule has 1 heterocycles. The van der Waals surface area contributed by atoms with Crippen LogP contribution in [-0.2, 0) is 5.41 Å². The fourth-order valence-electron chi connectivity index (χ4n) is 8.60. The number of anilines is 6. The van der Waals surface area contributed by atoms with Crippen molar-refractivity contribution in [3.05, 3.63) is 187 Å². The molecular formula is C48H33F2N3. The first-order valence-corrected chi connectivity index (χ1v) is 17.9. The maximum Gasteiger partial charge on any atom is 0.174 e. The Bertz CT molecular complexity index is 2860. The van der Waals surface area contributed by atoms with E-state index in [4.69, 9.17) is 0 Å². The first-order valence-electron chi connectivity index (χ1n) is 17.9. The van der Waals surface area contributed by atoms with E-state index in [9.17, 15) is 0 Å². The highest BCUT2D eigenvalue weighted by molar-refractivity contribution is 6.28. The molecule has 0 saturated heterocycles. The molecule has 254 valence electrons. The molecular weight excluding hydrogens is 657 g/mol. The number of aromatic nitrogens is 1. The molecule has 10 rings (SSSR count). The molecule has 3 nitrogen and oxygen atoms in total. The molecule has 8 aromatic carbocycles. The lowest BCUT2D eigenvalue weighted by Crippen LogP contribution is -2.16. The third kappa shape index (κ3) is 4.60. The highest BCUT2D eigenvalue weighted by Crippen LogP contribution is 2.55. The number of nitrogens with zero attached hydrogens (tertiary/aromatic N) is 3. The second-order valence-electron chi connectivity index (χ2n) is 14.2. The van der Waals surface area contributed by atoms with Gasteiger partial charge in [0.2, 0.25) is 0 Å². The van der Waals surface area contributed by atoms with Crippen molar-refractivity contribution in [2.24, 2.45) is 0 Å². The van der Waals surface area contributed by atoms with Crippen LogP contribution in [-0.4, -0.2) is 4.98 Å². The number of fused-ring (bicyclic) bond motifs is 3. The van der Waals surface area contributed by atoms with Gasteiger partial charge in [-0.25, -0.2) is 13.8 Å². The zero-order chi connectivity index (χ0) is 35.8. The SMILES string of the molecule is CC1(C)c2ccccc2-c2c(N(c3ccccc3F)c3ccc4ccc5c(N(c6ccccc6)c6ncccc6F)ccc6ccc3c4c65)cccc21. The summed E-state index contributed by atoms with van der Waals surface area (Å²) in [5.74, 6) is -0.495. The largest absolute Gasteiger partial charge is 0.306 e. The monoisotopic (exact) mass is 689 g/mol. The normalized spacial score (nSPS) is 13.1. The van der Waals surface area contributed by atoms with Gasteiger partial charge in [-0.3, -0.25) is 4.90 Å². The molecule has 1 aliphatic rings. The van der Waals surface area contributed by atoms with E-state index in [-0.39, 0.29) is 17.1 Å². The first-order chi connectivity index (χ1) is 25.9. The van der Waals surface area contributed by atoms with Crippen molar-refractivity contribution in [3.63, 3.8) is 0 Å². The van der Waals surface area contributed by atoms with E-state index in [1.165, 1.54) is 23.3 Å². The van der Waals surface area contributed by atoms with Gasteiger partial charge in [0.15, 0.2) is 11.6 Å². The first kappa shape index (κ1) is 31.2. The molecule has 0 spiro atoms. The third-order valence-electron chi connectivity index (χ3n) is 11.0. The molecule has 9 aromatic rings. The molecule has 1 aliphatic carbocycles. The van der Waals surface area contributed by atoms with Gasteiger partial charge in [-0.05, 0) is 92.8 Å². The number of benzene rings is 8. The Morgan fingerprint density at radius 1 is 0.472 bits per heavy atom. The second kappa shape index (κ2) is 11.7. The molecule has 0 bridgehead atoms. The van der Waals surface area contributed by atoms with E-state index in [0.717, 1.165) is 66.2 Å². The number of halogens is 2. The standard InChI is InChI=1S/C48H33F2N3/c1-48(2)36-15-7-6-14-33(36)46-37(48)16-10-20-43(46)53(42-19-9-8-17-38(42)49)41-28-24-31-21-25-34-40(27-23-30-22-26-35(41)45(31)44(30)34)52(32-12-4-3-5-13-32)47-39(50)18-11-29-51-47/h3-29H,1-2H3. The summed E-state index contributed by atoms with van der Waals surface area (Å²) < 4.78 is 31.8. The maximum absolute atomic E-state index is 16.2.